The molecule has 2 N–H and O–H groups in total. The minimum atomic E-state index is -0.951. The number of pyridine rings is 1. The Bertz CT molecular complexity index is 545. The van der Waals surface area contributed by atoms with Gasteiger partial charge in [-0.1, -0.05) is 6.92 Å². The Morgan fingerprint density at radius 1 is 1.48 bits per heavy atom. The first kappa shape index (κ1) is 15.3. The Labute approximate surface area is 124 Å². The standard InChI is InChI=1S/C15H21N3O3/c1-3-12-7-11(15(20)21)8-13(17-12)18-6-4-5-10(9-18)14(19)16-2/h7-8,10H,3-6,9H2,1-2H3,(H,16,19)(H,20,21). The number of carboxylic acids is 1. The zero-order chi connectivity index (χ0) is 15.4. The van der Waals surface area contributed by atoms with E-state index in [1.807, 2.05) is 11.8 Å². The molecule has 1 unspecified atom stereocenters. The summed E-state index contributed by atoms with van der Waals surface area (Å²) in [5, 5.41) is 11.9. The largest absolute Gasteiger partial charge is 0.478 e. The highest BCUT2D eigenvalue weighted by molar-refractivity contribution is 5.88. The molecule has 114 valence electrons. The second-order valence-electron chi connectivity index (χ2n) is 5.26. The minimum absolute atomic E-state index is 0.0322. The van der Waals surface area contributed by atoms with Gasteiger partial charge in [0.1, 0.15) is 5.82 Å². The van der Waals surface area contributed by atoms with E-state index in [9.17, 15) is 14.7 Å². The summed E-state index contributed by atoms with van der Waals surface area (Å²) in [6.07, 6.45) is 2.44. The average molecular weight is 291 g/mol. The van der Waals surface area contributed by atoms with Crippen molar-refractivity contribution >= 4 is 17.7 Å². The van der Waals surface area contributed by atoms with Crippen LogP contribution in [0.2, 0.25) is 0 Å². The number of carbonyl (C=O) groups excluding carboxylic acids is 1. The van der Waals surface area contributed by atoms with Gasteiger partial charge in [0.25, 0.3) is 0 Å². The molecule has 0 bridgehead atoms. The van der Waals surface area contributed by atoms with E-state index in [1.165, 1.54) is 0 Å². The number of nitrogens with zero attached hydrogens (tertiary/aromatic N) is 2. The van der Waals surface area contributed by atoms with Crippen LogP contribution < -0.4 is 10.2 Å². The lowest BCUT2D eigenvalue weighted by Gasteiger charge is -2.33. The van der Waals surface area contributed by atoms with Crippen LogP contribution in [0.1, 0.15) is 35.8 Å². The van der Waals surface area contributed by atoms with Gasteiger partial charge in [-0.2, -0.15) is 0 Å². The number of nitrogens with one attached hydrogen (secondary N) is 1. The minimum Gasteiger partial charge on any atom is -0.478 e. The van der Waals surface area contributed by atoms with E-state index in [1.54, 1.807) is 19.2 Å². The van der Waals surface area contributed by atoms with Crippen molar-refractivity contribution in [1.82, 2.24) is 10.3 Å². The molecule has 1 atom stereocenters. The lowest BCUT2D eigenvalue weighted by molar-refractivity contribution is -0.124. The Hall–Kier alpha value is -2.11. The molecular weight excluding hydrogens is 270 g/mol. The summed E-state index contributed by atoms with van der Waals surface area (Å²) in [6, 6.07) is 3.19. The Morgan fingerprint density at radius 3 is 2.86 bits per heavy atom. The predicted octanol–water partition coefficient (Wildman–Crippen LogP) is 1.30. The number of aryl methyl sites for hydroxylation is 1. The molecular formula is C15H21N3O3. The number of piperidine rings is 1. The summed E-state index contributed by atoms with van der Waals surface area (Å²) < 4.78 is 0. The third-order valence-corrected chi connectivity index (χ3v) is 3.84. The lowest BCUT2D eigenvalue weighted by atomic mass is 9.97. The van der Waals surface area contributed by atoms with E-state index >= 15 is 0 Å². The second-order valence-corrected chi connectivity index (χ2v) is 5.26. The maximum absolute atomic E-state index is 11.8. The fourth-order valence-corrected chi connectivity index (χ4v) is 2.64. The summed E-state index contributed by atoms with van der Waals surface area (Å²) in [5.74, 6) is -0.331. The maximum Gasteiger partial charge on any atom is 0.335 e. The first-order valence-electron chi connectivity index (χ1n) is 7.26. The quantitative estimate of drug-likeness (QED) is 0.874. The van der Waals surface area contributed by atoms with E-state index in [4.69, 9.17) is 0 Å². The Kier molecular flexibility index (Phi) is 4.77. The van der Waals surface area contributed by atoms with E-state index in [0.717, 1.165) is 25.1 Å². The number of aromatic nitrogens is 1. The molecule has 1 amide bonds. The van der Waals surface area contributed by atoms with Crippen molar-refractivity contribution in [3.05, 3.63) is 23.4 Å². The van der Waals surface area contributed by atoms with Crippen LogP contribution in [-0.2, 0) is 11.2 Å². The van der Waals surface area contributed by atoms with Crippen LogP contribution in [0.5, 0.6) is 0 Å². The monoisotopic (exact) mass is 291 g/mol. The molecule has 6 nitrogen and oxygen atoms in total. The molecule has 2 rings (SSSR count). The van der Waals surface area contributed by atoms with Crippen molar-refractivity contribution in [2.75, 3.05) is 25.0 Å². The smallest absolute Gasteiger partial charge is 0.335 e. The van der Waals surface area contributed by atoms with Crippen LogP contribution >= 0.6 is 0 Å². The number of carboxylic acid groups (broad SMARTS) is 1. The van der Waals surface area contributed by atoms with Gasteiger partial charge in [-0.15, -0.1) is 0 Å². The molecule has 1 aromatic rings. The molecule has 1 saturated heterocycles. The zero-order valence-corrected chi connectivity index (χ0v) is 12.4. The molecule has 0 spiro atoms. The van der Waals surface area contributed by atoms with Crippen LogP contribution in [-0.4, -0.2) is 42.1 Å². The van der Waals surface area contributed by atoms with Crippen molar-refractivity contribution in [2.24, 2.45) is 5.92 Å². The van der Waals surface area contributed by atoms with Gasteiger partial charge in [0, 0.05) is 25.8 Å². The Balaban J connectivity index is 2.26. The van der Waals surface area contributed by atoms with Crippen molar-refractivity contribution in [2.45, 2.75) is 26.2 Å². The van der Waals surface area contributed by atoms with Crippen LogP contribution in [0, 0.1) is 5.92 Å². The van der Waals surface area contributed by atoms with Gasteiger partial charge in [-0.3, -0.25) is 4.79 Å². The van der Waals surface area contributed by atoms with Crippen LogP contribution in [0.4, 0.5) is 5.82 Å². The van der Waals surface area contributed by atoms with Gasteiger partial charge >= 0.3 is 5.97 Å². The molecule has 1 fully saturated rings. The number of aromatic carboxylic acids is 1. The topological polar surface area (TPSA) is 82.5 Å². The fraction of sp³-hybridized carbons (Fsp3) is 0.533. The van der Waals surface area contributed by atoms with Crippen molar-refractivity contribution < 1.29 is 14.7 Å². The van der Waals surface area contributed by atoms with Gasteiger partial charge < -0.3 is 15.3 Å². The van der Waals surface area contributed by atoms with E-state index in [2.05, 4.69) is 10.3 Å². The lowest BCUT2D eigenvalue weighted by Crippen LogP contribution is -2.42. The van der Waals surface area contributed by atoms with Gasteiger partial charge in [-0.05, 0) is 31.4 Å². The van der Waals surface area contributed by atoms with E-state index < -0.39 is 5.97 Å². The van der Waals surface area contributed by atoms with E-state index in [0.29, 0.717) is 18.8 Å². The Morgan fingerprint density at radius 2 is 2.24 bits per heavy atom. The molecule has 0 aromatic carbocycles. The first-order chi connectivity index (χ1) is 10.0. The van der Waals surface area contributed by atoms with Crippen molar-refractivity contribution in [1.29, 1.82) is 0 Å². The highest BCUT2D eigenvalue weighted by atomic mass is 16.4. The molecule has 0 radical (unpaired) electrons. The fourth-order valence-electron chi connectivity index (χ4n) is 2.64. The first-order valence-corrected chi connectivity index (χ1v) is 7.26. The van der Waals surface area contributed by atoms with Crippen molar-refractivity contribution in [3.63, 3.8) is 0 Å². The number of amides is 1. The number of hydrogen-bond donors (Lipinski definition) is 2. The van der Waals surface area contributed by atoms with Gasteiger partial charge in [0.15, 0.2) is 0 Å². The third-order valence-electron chi connectivity index (χ3n) is 3.84. The predicted molar refractivity (Wildman–Crippen MR) is 79.6 cm³/mol. The normalized spacial score (nSPS) is 18.4. The molecule has 0 aliphatic carbocycles. The molecule has 0 saturated carbocycles. The summed E-state index contributed by atoms with van der Waals surface area (Å²) in [4.78, 5) is 29.5. The van der Waals surface area contributed by atoms with Crippen LogP contribution in [0.25, 0.3) is 0 Å². The summed E-state index contributed by atoms with van der Waals surface area (Å²) in [5.41, 5.74) is 1.01. The molecule has 21 heavy (non-hydrogen) atoms. The highest BCUT2D eigenvalue weighted by Crippen LogP contribution is 2.23. The summed E-state index contributed by atoms with van der Waals surface area (Å²) in [7, 11) is 1.64. The van der Waals surface area contributed by atoms with Crippen LogP contribution in [0.3, 0.4) is 0 Å². The van der Waals surface area contributed by atoms with Gasteiger partial charge in [0.05, 0.1) is 11.5 Å². The van der Waals surface area contributed by atoms with Gasteiger partial charge in [-0.25, -0.2) is 9.78 Å². The highest BCUT2D eigenvalue weighted by Gasteiger charge is 2.26. The number of rotatable bonds is 4. The number of anilines is 1. The number of carbonyl (C=O) groups is 2. The molecule has 6 heteroatoms. The molecule has 1 aromatic heterocycles. The zero-order valence-electron chi connectivity index (χ0n) is 12.4. The summed E-state index contributed by atoms with van der Waals surface area (Å²) >= 11 is 0. The third kappa shape index (κ3) is 3.51. The number of hydrogen-bond acceptors (Lipinski definition) is 4. The molecule has 2 heterocycles. The second kappa shape index (κ2) is 6.56. The van der Waals surface area contributed by atoms with Crippen LogP contribution in [0.15, 0.2) is 12.1 Å². The van der Waals surface area contributed by atoms with E-state index in [-0.39, 0.29) is 17.4 Å². The maximum atomic E-state index is 11.8. The van der Waals surface area contributed by atoms with Crippen molar-refractivity contribution in [3.8, 4) is 0 Å². The molecule has 1 aliphatic rings. The summed E-state index contributed by atoms with van der Waals surface area (Å²) in [6.45, 7) is 3.33. The van der Waals surface area contributed by atoms with Gasteiger partial charge in [0.2, 0.25) is 5.91 Å². The molecule has 1 aliphatic heterocycles. The SMILES string of the molecule is CCc1cc(C(=O)O)cc(N2CCCC(C(=O)NC)C2)n1. The average Bonchev–Trinajstić information content (AvgIpc) is 2.53.